The van der Waals surface area contributed by atoms with Crippen molar-refractivity contribution >= 4 is 58.2 Å². The van der Waals surface area contributed by atoms with E-state index in [0.717, 1.165) is 18.1 Å². The number of nitrogens with two attached hydrogens (primary N) is 2. The number of fused-ring (bicyclic) bond motifs is 1. The number of imidazole rings is 1. The first-order valence-corrected chi connectivity index (χ1v) is 15.8. The fourth-order valence-corrected chi connectivity index (χ4v) is 7.26. The molecule has 21 nitrogen and oxygen atoms in total. The SMILES string of the molecule is Nc1ncnc2c1nc(SCCC(N)C(=O)O)n2C1OC(COP(=O)(O)OP(=O)(O)OP(=O)(O)O)C(O)C1O. The maximum absolute atomic E-state index is 12.0. The van der Waals surface area contributed by atoms with Crippen molar-refractivity contribution in [3.8, 4) is 0 Å². The van der Waals surface area contributed by atoms with Crippen molar-refractivity contribution in [2.75, 3.05) is 18.1 Å². The number of carboxylic acids is 1. The summed E-state index contributed by atoms with van der Waals surface area (Å²) >= 11 is 0.987. The van der Waals surface area contributed by atoms with Gasteiger partial charge in [-0.3, -0.25) is 13.9 Å². The summed E-state index contributed by atoms with van der Waals surface area (Å²) in [4.78, 5) is 59.2. The standard InChI is InChI=1S/C14H23N6O15P3S/c15-5(13(23)24)1-2-39-14-19-7-10(16)17-4-18-11(7)20(14)12-9(22)8(21)6(33-12)3-32-37(28,29)35-38(30,31)34-36(25,26)27/h4-6,8-9,12,21-22H,1-3,15H2,(H,23,24)(H,28,29)(H,30,31)(H2,16,17,18)(H2,25,26,27). The first kappa shape index (κ1) is 31.9. The van der Waals surface area contributed by atoms with E-state index in [2.05, 4.69) is 28.1 Å². The lowest BCUT2D eigenvalue weighted by Gasteiger charge is -2.20. The van der Waals surface area contributed by atoms with Gasteiger partial charge in [-0.2, -0.15) is 8.62 Å². The van der Waals surface area contributed by atoms with Crippen LogP contribution in [0.2, 0.25) is 0 Å². The highest BCUT2D eigenvalue weighted by atomic mass is 32.2. The number of thioether (sulfide) groups is 1. The van der Waals surface area contributed by atoms with E-state index < -0.39 is 66.6 Å². The molecule has 25 heteroatoms. The van der Waals surface area contributed by atoms with Crippen LogP contribution in [0.25, 0.3) is 11.2 Å². The summed E-state index contributed by atoms with van der Waals surface area (Å²) in [7, 11) is -16.9. The van der Waals surface area contributed by atoms with Gasteiger partial charge in [-0.05, 0) is 6.42 Å². The lowest BCUT2D eigenvalue weighted by atomic mass is 10.1. The summed E-state index contributed by atoms with van der Waals surface area (Å²) in [6, 6.07) is -1.17. The van der Waals surface area contributed by atoms with Crippen LogP contribution in [0.5, 0.6) is 0 Å². The number of nitrogen functional groups attached to an aromatic ring is 1. The fraction of sp³-hybridized carbons (Fsp3) is 0.571. The highest BCUT2D eigenvalue weighted by molar-refractivity contribution is 7.99. The quantitative estimate of drug-likeness (QED) is 0.0866. The third kappa shape index (κ3) is 8.23. The Hall–Kier alpha value is -1.58. The smallest absolute Gasteiger partial charge is 0.480 e. The van der Waals surface area contributed by atoms with Crippen molar-refractivity contribution in [3.05, 3.63) is 6.33 Å². The highest BCUT2D eigenvalue weighted by Gasteiger charge is 2.47. The van der Waals surface area contributed by atoms with E-state index in [4.69, 9.17) is 31.1 Å². The van der Waals surface area contributed by atoms with E-state index in [1.807, 2.05) is 0 Å². The van der Waals surface area contributed by atoms with Crippen LogP contribution in [0.4, 0.5) is 5.82 Å². The zero-order valence-electron chi connectivity index (χ0n) is 19.2. The Kier molecular flexibility index (Phi) is 9.92. The summed E-state index contributed by atoms with van der Waals surface area (Å²) in [5, 5.41) is 30.2. The van der Waals surface area contributed by atoms with Crippen LogP contribution in [-0.2, 0) is 36.4 Å². The maximum Gasteiger partial charge on any atom is 0.490 e. The van der Waals surface area contributed by atoms with Crippen LogP contribution in [0.15, 0.2) is 11.5 Å². The van der Waals surface area contributed by atoms with Gasteiger partial charge in [-0.1, -0.05) is 11.8 Å². The Morgan fingerprint density at radius 2 is 1.79 bits per heavy atom. The number of nitrogens with zero attached hydrogens (tertiary/aromatic N) is 4. The van der Waals surface area contributed by atoms with Gasteiger partial charge in [0.2, 0.25) is 0 Å². The number of aliphatic hydroxyl groups excluding tert-OH is 2. The summed E-state index contributed by atoms with van der Waals surface area (Å²) in [5.74, 6) is -1.15. The molecule has 11 N–H and O–H groups in total. The second-order valence-electron chi connectivity index (χ2n) is 7.71. The van der Waals surface area contributed by atoms with Crippen LogP contribution in [0.1, 0.15) is 12.6 Å². The molecule has 7 unspecified atom stereocenters. The molecule has 1 saturated heterocycles. The molecule has 2 aromatic heterocycles. The van der Waals surface area contributed by atoms with Crippen molar-refractivity contribution < 1.29 is 71.3 Å². The van der Waals surface area contributed by atoms with E-state index in [-0.39, 0.29) is 34.3 Å². The Morgan fingerprint density at radius 1 is 1.13 bits per heavy atom. The molecular formula is C14H23N6O15P3S. The van der Waals surface area contributed by atoms with Gasteiger partial charge in [-0.15, -0.1) is 0 Å². The Labute approximate surface area is 221 Å². The number of hydrogen-bond donors (Lipinski definition) is 9. The van der Waals surface area contributed by atoms with Gasteiger partial charge in [-0.25, -0.2) is 28.6 Å². The van der Waals surface area contributed by atoms with Gasteiger partial charge >= 0.3 is 29.4 Å². The molecule has 220 valence electrons. The fourth-order valence-electron chi connectivity index (χ4n) is 3.19. The van der Waals surface area contributed by atoms with Gasteiger partial charge < -0.3 is 51.1 Å². The van der Waals surface area contributed by atoms with Gasteiger partial charge in [0.05, 0.1) is 6.61 Å². The number of anilines is 1. The van der Waals surface area contributed by atoms with E-state index in [9.17, 15) is 38.5 Å². The summed E-state index contributed by atoms with van der Waals surface area (Å²) in [6.45, 7) is -1.04. The number of phosphoric ester groups is 1. The molecule has 0 bridgehead atoms. The van der Waals surface area contributed by atoms with Gasteiger partial charge in [0.25, 0.3) is 0 Å². The highest BCUT2D eigenvalue weighted by Crippen LogP contribution is 2.66. The topological polar surface area (TPSA) is 342 Å². The van der Waals surface area contributed by atoms with Crippen LogP contribution in [0.3, 0.4) is 0 Å². The molecule has 2 aromatic rings. The molecule has 7 atom stereocenters. The van der Waals surface area contributed by atoms with Crippen molar-refractivity contribution in [1.82, 2.24) is 19.5 Å². The lowest BCUT2D eigenvalue weighted by molar-refractivity contribution is -0.138. The average Bonchev–Trinajstić information content (AvgIpc) is 3.28. The van der Waals surface area contributed by atoms with Crippen LogP contribution >= 0.6 is 35.2 Å². The summed E-state index contributed by atoms with van der Waals surface area (Å²) in [5.41, 5.74) is 11.5. The maximum atomic E-state index is 12.0. The van der Waals surface area contributed by atoms with Crippen molar-refractivity contribution in [1.29, 1.82) is 0 Å². The van der Waals surface area contributed by atoms with Gasteiger partial charge in [0, 0.05) is 5.75 Å². The first-order chi connectivity index (χ1) is 17.9. The van der Waals surface area contributed by atoms with E-state index >= 15 is 0 Å². The van der Waals surface area contributed by atoms with E-state index in [0.29, 0.717) is 0 Å². The van der Waals surface area contributed by atoms with Crippen molar-refractivity contribution in [2.45, 2.75) is 42.2 Å². The Balaban J connectivity index is 1.79. The molecule has 3 rings (SSSR count). The predicted octanol–water partition coefficient (Wildman–Crippen LogP) is -1.73. The minimum Gasteiger partial charge on any atom is -0.480 e. The van der Waals surface area contributed by atoms with Gasteiger partial charge in [0.15, 0.2) is 28.4 Å². The second-order valence-corrected chi connectivity index (χ2v) is 13.2. The number of rotatable bonds is 13. The molecule has 0 saturated carbocycles. The number of carbonyl (C=O) groups is 1. The summed E-state index contributed by atoms with van der Waals surface area (Å²) < 4.78 is 52.7. The van der Waals surface area contributed by atoms with E-state index in [1.54, 1.807) is 0 Å². The number of aliphatic carboxylic acids is 1. The number of aromatic nitrogens is 4. The zero-order valence-corrected chi connectivity index (χ0v) is 22.7. The Morgan fingerprint density at radius 3 is 2.41 bits per heavy atom. The minimum atomic E-state index is -5.78. The number of phosphoric acid groups is 3. The number of carboxylic acid groups (broad SMARTS) is 1. The summed E-state index contributed by atoms with van der Waals surface area (Å²) in [6.07, 6.45) is -5.49. The number of aliphatic hydroxyl groups is 2. The molecule has 39 heavy (non-hydrogen) atoms. The molecule has 0 spiro atoms. The molecule has 0 radical (unpaired) electrons. The van der Waals surface area contributed by atoms with E-state index in [1.165, 1.54) is 4.57 Å². The van der Waals surface area contributed by atoms with Crippen molar-refractivity contribution in [3.63, 3.8) is 0 Å². The normalized spacial score (nSPS) is 25.8. The third-order valence-electron chi connectivity index (χ3n) is 4.86. The zero-order chi connectivity index (χ0) is 29.3. The molecule has 0 aromatic carbocycles. The predicted molar refractivity (Wildman–Crippen MR) is 126 cm³/mol. The molecule has 1 fully saturated rings. The van der Waals surface area contributed by atoms with Crippen LogP contribution in [0, 0.1) is 0 Å². The first-order valence-electron chi connectivity index (χ1n) is 10.3. The molecule has 1 aliphatic rings. The van der Waals surface area contributed by atoms with Crippen LogP contribution < -0.4 is 11.5 Å². The molecular weight excluding hydrogens is 617 g/mol. The molecule has 1 aliphatic heterocycles. The minimum absolute atomic E-state index is 0.0176. The lowest BCUT2D eigenvalue weighted by Crippen LogP contribution is -2.33. The molecule has 3 heterocycles. The average molecular weight is 640 g/mol. The molecule has 0 aliphatic carbocycles. The number of ether oxygens (including phenoxy) is 1. The second kappa shape index (κ2) is 12.1. The van der Waals surface area contributed by atoms with Crippen LogP contribution in [-0.4, -0.2) is 97.1 Å². The van der Waals surface area contributed by atoms with Crippen molar-refractivity contribution in [2.24, 2.45) is 5.73 Å². The monoisotopic (exact) mass is 640 g/mol. The Bertz CT molecular complexity index is 1360. The molecule has 0 amide bonds. The number of hydrogen-bond acceptors (Lipinski definition) is 16. The largest absolute Gasteiger partial charge is 0.490 e. The third-order valence-corrected chi connectivity index (χ3v) is 9.65. The van der Waals surface area contributed by atoms with Gasteiger partial charge in [0.1, 0.15) is 30.7 Å².